The van der Waals surface area contributed by atoms with E-state index in [-0.39, 0.29) is 0 Å². The molecule has 1 heterocycles. The Balaban J connectivity index is 2.09. The van der Waals surface area contributed by atoms with Crippen LogP contribution in [0, 0.1) is 11.3 Å². The smallest absolute Gasteiger partial charge is 0.138 e. The maximum atomic E-state index is 4.39. The first kappa shape index (κ1) is 14.5. The van der Waals surface area contributed by atoms with Crippen molar-refractivity contribution in [1.29, 1.82) is 0 Å². The van der Waals surface area contributed by atoms with Gasteiger partial charge in [0.2, 0.25) is 0 Å². The number of hydrogen-bond donors (Lipinski definition) is 1. The van der Waals surface area contributed by atoms with E-state index in [4.69, 9.17) is 0 Å². The molecule has 0 aliphatic heterocycles. The minimum absolute atomic E-state index is 0.448. The summed E-state index contributed by atoms with van der Waals surface area (Å²) in [5, 5.41) is 7.94. The summed E-state index contributed by atoms with van der Waals surface area (Å²) in [4.78, 5) is 4.39. The quantitative estimate of drug-likeness (QED) is 0.858. The van der Waals surface area contributed by atoms with Gasteiger partial charge in [-0.05, 0) is 37.1 Å². The van der Waals surface area contributed by atoms with Gasteiger partial charge in [0.15, 0.2) is 0 Å². The van der Waals surface area contributed by atoms with Gasteiger partial charge in [0.05, 0.1) is 0 Å². The Kier molecular flexibility index (Phi) is 4.61. The zero-order valence-corrected chi connectivity index (χ0v) is 12.8. The highest BCUT2D eigenvalue weighted by Gasteiger charge is 2.39. The van der Waals surface area contributed by atoms with Crippen molar-refractivity contribution in [3.05, 3.63) is 12.2 Å². The summed E-state index contributed by atoms with van der Waals surface area (Å²) in [7, 11) is 1.99. The number of nitrogens with one attached hydrogen (secondary N) is 1. The van der Waals surface area contributed by atoms with Crippen LogP contribution in [-0.4, -0.2) is 27.4 Å². The molecule has 2 rings (SSSR count). The van der Waals surface area contributed by atoms with Crippen molar-refractivity contribution < 1.29 is 0 Å². The highest BCUT2D eigenvalue weighted by Crippen LogP contribution is 2.44. The third kappa shape index (κ3) is 3.35. The van der Waals surface area contributed by atoms with Crippen LogP contribution in [0.15, 0.2) is 6.33 Å². The highest BCUT2D eigenvalue weighted by molar-refractivity contribution is 4.98. The Bertz CT molecular complexity index is 397. The zero-order chi connectivity index (χ0) is 13.9. The van der Waals surface area contributed by atoms with Crippen molar-refractivity contribution in [2.24, 2.45) is 18.4 Å². The lowest BCUT2D eigenvalue weighted by Gasteiger charge is -2.34. The van der Waals surface area contributed by atoms with Crippen LogP contribution in [-0.2, 0) is 13.5 Å². The normalized spacial score (nSPS) is 23.7. The molecule has 1 aromatic rings. The van der Waals surface area contributed by atoms with Crippen LogP contribution < -0.4 is 5.32 Å². The largest absolute Gasteiger partial charge is 0.313 e. The number of aryl methyl sites for hydroxylation is 1. The van der Waals surface area contributed by atoms with Crippen molar-refractivity contribution in [3.8, 4) is 0 Å². The molecule has 1 fully saturated rings. The first-order valence-corrected chi connectivity index (χ1v) is 7.61. The predicted octanol–water partition coefficient (Wildman–Crippen LogP) is 2.55. The molecule has 2 unspecified atom stereocenters. The van der Waals surface area contributed by atoms with Crippen LogP contribution in [0.2, 0.25) is 0 Å². The lowest BCUT2D eigenvalue weighted by atomic mass is 9.76. The molecule has 1 saturated carbocycles. The van der Waals surface area contributed by atoms with Gasteiger partial charge in [0.1, 0.15) is 12.2 Å². The van der Waals surface area contributed by atoms with E-state index >= 15 is 0 Å². The van der Waals surface area contributed by atoms with Crippen LogP contribution in [0.1, 0.15) is 52.3 Å². The van der Waals surface area contributed by atoms with Gasteiger partial charge in [-0.2, -0.15) is 5.10 Å². The third-order valence-electron chi connectivity index (χ3n) is 4.69. The lowest BCUT2D eigenvalue weighted by molar-refractivity contribution is 0.193. The molecule has 0 amide bonds. The molecule has 108 valence electrons. The lowest BCUT2D eigenvalue weighted by Crippen LogP contribution is -2.43. The second-order valence-corrected chi connectivity index (χ2v) is 6.55. The summed E-state index contributed by atoms with van der Waals surface area (Å²) in [5.41, 5.74) is 0.448. The van der Waals surface area contributed by atoms with E-state index in [1.54, 1.807) is 6.33 Å². The molecule has 1 aromatic heterocycles. The van der Waals surface area contributed by atoms with Crippen molar-refractivity contribution in [1.82, 2.24) is 20.1 Å². The summed E-state index contributed by atoms with van der Waals surface area (Å²) in [6.45, 7) is 8.16. The van der Waals surface area contributed by atoms with Crippen LogP contribution in [0.25, 0.3) is 0 Å². The Morgan fingerprint density at radius 2 is 2.32 bits per heavy atom. The molecular formula is C15H28N4. The van der Waals surface area contributed by atoms with E-state index in [0.29, 0.717) is 11.5 Å². The fraction of sp³-hybridized carbons (Fsp3) is 0.867. The summed E-state index contributed by atoms with van der Waals surface area (Å²) in [6.07, 6.45) is 7.88. The maximum absolute atomic E-state index is 4.39. The van der Waals surface area contributed by atoms with Gasteiger partial charge < -0.3 is 5.32 Å². The van der Waals surface area contributed by atoms with Crippen LogP contribution in [0.5, 0.6) is 0 Å². The van der Waals surface area contributed by atoms with Gasteiger partial charge in [-0.1, -0.05) is 27.2 Å². The van der Waals surface area contributed by atoms with E-state index in [1.165, 1.54) is 25.7 Å². The summed E-state index contributed by atoms with van der Waals surface area (Å²) < 4.78 is 1.91. The molecule has 1 N–H and O–H groups in total. The molecule has 19 heavy (non-hydrogen) atoms. The number of aromatic nitrogens is 3. The standard InChI is InChI=1S/C15H28N4/c1-5-9-16-13(10-14-17-11-18-19(14)4)12-7-6-8-15(12,2)3/h11-13,16H,5-10H2,1-4H3. The van der Waals surface area contributed by atoms with Gasteiger partial charge >= 0.3 is 0 Å². The van der Waals surface area contributed by atoms with Gasteiger partial charge in [-0.15, -0.1) is 0 Å². The second-order valence-electron chi connectivity index (χ2n) is 6.55. The molecule has 0 aromatic carbocycles. The first-order valence-electron chi connectivity index (χ1n) is 7.61. The van der Waals surface area contributed by atoms with Crippen LogP contribution in [0.4, 0.5) is 0 Å². The first-order chi connectivity index (χ1) is 9.04. The van der Waals surface area contributed by atoms with Gasteiger partial charge in [0.25, 0.3) is 0 Å². The third-order valence-corrected chi connectivity index (χ3v) is 4.69. The number of rotatable bonds is 6. The minimum atomic E-state index is 0.448. The molecule has 1 aliphatic rings. The monoisotopic (exact) mass is 264 g/mol. The Morgan fingerprint density at radius 1 is 1.53 bits per heavy atom. The fourth-order valence-electron chi connectivity index (χ4n) is 3.49. The Hall–Kier alpha value is -0.900. The molecule has 4 heteroatoms. The highest BCUT2D eigenvalue weighted by atomic mass is 15.3. The van der Waals surface area contributed by atoms with Gasteiger partial charge in [-0.25, -0.2) is 4.98 Å². The second kappa shape index (κ2) is 6.04. The summed E-state index contributed by atoms with van der Waals surface area (Å²) >= 11 is 0. The molecule has 1 aliphatic carbocycles. The number of hydrogen-bond acceptors (Lipinski definition) is 3. The van der Waals surface area contributed by atoms with Crippen molar-refractivity contribution in [3.63, 3.8) is 0 Å². The zero-order valence-electron chi connectivity index (χ0n) is 12.8. The fourth-order valence-corrected chi connectivity index (χ4v) is 3.49. The molecule has 0 bridgehead atoms. The average molecular weight is 264 g/mol. The number of nitrogens with zero attached hydrogens (tertiary/aromatic N) is 3. The summed E-state index contributed by atoms with van der Waals surface area (Å²) in [6, 6.07) is 0.528. The van der Waals surface area contributed by atoms with Crippen LogP contribution in [0.3, 0.4) is 0 Å². The molecular weight excluding hydrogens is 236 g/mol. The predicted molar refractivity (Wildman–Crippen MR) is 77.9 cm³/mol. The topological polar surface area (TPSA) is 42.7 Å². The maximum Gasteiger partial charge on any atom is 0.138 e. The Labute approximate surface area is 117 Å². The molecule has 0 spiro atoms. The average Bonchev–Trinajstić information content (AvgIpc) is 2.91. The van der Waals surface area contributed by atoms with E-state index in [2.05, 4.69) is 36.2 Å². The van der Waals surface area contributed by atoms with Gasteiger partial charge in [0, 0.05) is 19.5 Å². The van der Waals surface area contributed by atoms with Crippen molar-refractivity contribution in [2.45, 2.75) is 58.9 Å². The summed E-state index contributed by atoms with van der Waals surface area (Å²) in [5.74, 6) is 1.84. The van der Waals surface area contributed by atoms with Crippen molar-refractivity contribution in [2.75, 3.05) is 6.54 Å². The molecule has 4 nitrogen and oxygen atoms in total. The molecule has 0 saturated heterocycles. The van der Waals surface area contributed by atoms with E-state index in [0.717, 1.165) is 24.7 Å². The molecule has 2 atom stereocenters. The molecule has 0 radical (unpaired) electrons. The van der Waals surface area contributed by atoms with Crippen LogP contribution >= 0.6 is 0 Å². The minimum Gasteiger partial charge on any atom is -0.313 e. The van der Waals surface area contributed by atoms with E-state index < -0.39 is 0 Å². The van der Waals surface area contributed by atoms with Crippen molar-refractivity contribution >= 4 is 0 Å². The van der Waals surface area contributed by atoms with E-state index in [9.17, 15) is 0 Å². The Morgan fingerprint density at radius 3 is 2.84 bits per heavy atom. The van der Waals surface area contributed by atoms with Gasteiger partial charge in [-0.3, -0.25) is 4.68 Å². The van der Waals surface area contributed by atoms with E-state index in [1.807, 2.05) is 11.7 Å². The SMILES string of the molecule is CCCNC(Cc1ncnn1C)C1CCCC1(C)C.